The zero-order chi connectivity index (χ0) is 11.4. The van der Waals surface area contributed by atoms with Crippen molar-refractivity contribution in [2.24, 2.45) is 0 Å². The van der Waals surface area contributed by atoms with Crippen LogP contribution in [0.15, 0.2) is 6.07 Å². The van der Waals surface area contributed by atoms with E-state index in [9.17, 15) is 8.78 Å². The predicted molar refractivity (Wildman–Crippen MR) is 56.8 cm³/mol. The Kier molecular flexibility index (Phi) is 2.04. The topological polar surface area (TPSA) is 26.0 Å². The molecule has 3 heteroatoms. The predicted octanol–water partition coefficient (Wildman–Crippen LogP) is 3.33. The van der Waals surface area contributed by atoms with Gasteiger partial charge in [-0.15, -0.1) is 0 Å². The van der Waals surface area contributed by atoms with E-state index in [1.165, 1.54) is 0 Å². The Morgan fingerprint density at radius 2 is 1.93 bits per heavy atom. The van der Waals surface area contributed by atoms with Crippen LogP contribution in [0.25, 0.3) is 0 Å². The number of fused-ring (bicyclic) bond motifs is 1. The van der Waals surface area contributed by atoms with Crippen molar-refractivity contribution >= 4 is 5.69 Å². The van der Waals surface area contributed by atoms with E-state index in [4.69, 9.17) is 5.73 Å². The van der Waals surface area contributed by atoms with Gasteiger partial charge in [-0.1, -0.05) is 20.8 Å². The first-order valence-electron chi connectivity index (χ1n) is 5.12. The second kappa shape index (κ2) is 2.94. The first kappa shape index (κ1) is 10.4. The normalized spacial score (nSPS) is 22.9. The lowest BCUT2D eigenvalue weighted by Gasteiger charge is -2.19. The highest BCUT2D eigenvalue weighted by molar-refractivity contribution is 5.59. The highest BCUT2D eigenvalue weighted by Gasteiger charge is 2.39. The summed E-state index contributed by atoms with van der Waals surface area (Å²) >= 11 is 0. The average Bonchev–Trinajstić information content (AvgIpc) is 2.32. The number of rotatable bonds is 0. The summed E-state index contributed by atoms with van der Waals surface area (Å²) in [6.45, 7) is 5.90. The molecule has 2 rings (SSSR count). The molecule has 1 aromatic rings. The van der Waals surface area contributed by atoms with Crippen LogP contribution in [0.3, 0.4) is 0 Å². The van der Waals surface area contributed by atoms with Gasteiger partial charge in [-0.05, 0) is 28.9 Å². The summed E-state index contributed by atoms with van der Waals surface area (Å²) in [5.41, 5.74) is 6.79. The van der Waals surface area contributed by atoms with Gasteiger partial charge in [0.25, 0.3) is 0 Å². The Labute approximate surface area is 88.3 Å². The average molecular weight is 211 g/mol. The highest BCUT2D eigenvalue weighted by atomic mass is 19.1. The van der Waals surface area contributed by atoms with E-state index < -0.39 is 11.6 Å². The minimum atomic E-state index is -0.643. The van der Waals surface area contributed by atoms with Gasteiger partial charge >= 0.3 is 0 Å². The lowest BCUT2D eigenvalue weighted by Crippen LogP contribution is -2.15. The molecule has 1 aliphatic carbocycles. The second-order valence-corrected chi connectivity index (χ2v) is 5.03. The van der Waals surface area contributed by atoms with E-state index in [2.05, 4.69) is 0 Å². The molecule has 0 spiro atoms. The van der Waals surface area contributed by atoms with Gasteiger partial charge in [0.15, 0.2) is 0 Å². The van der Waals surface area contributed by atoms with Crippen molar-refractivity contribution in [2.45, 2.75) is 38.5 Å². The van der Waals surface area contributed by atoms with Crippen LogP contribution in [0.4, 0.5) is 14.5 Å². The minimum absolute atomic E-state index is 0.115. The summed E-state index contributed by atoms with van der Waals surface area (Å²) < 4.78 is 27.0. The lowest BCUT2D eigenvalue weighted by molar-refractivity contribution is 0.465. The Morgan fingerprint density at radius 3 is 2.53 bits per heavy atom. The third-order valence-electron chi connectivity index (χ3n) is 3.30. The molecule has 0 aliphatic heterocycles. The minimum Gasteiger partial charge on any atom is -0.396 e. The third-order valence-corrected chi connectivity index (χ3v) is 3.30. The van der Waals surface area contributed by atoms with E-state index in [-0.39, 0.29) is 17.0 Å². The summed E-state index contributed by atoms with van der Waals surface area (Å²) in [6, 6.07) is 0.897. The number of nitrogen functional groups attached to an aromatic ring is 1. The van der Waals surface area contributed by atoms with E-state index in [0.717, 1.165) is 12.5 Å². The second-order valence-electron chi connectivity index (χ2n) is 5.03. The molecule has 1 aliphatic rings. The quantitative estimate of drug-likeness (QED) is 0.654. The van der Waals surface area contributed by atoms with Crippen molar-refractivity contribution in [3.8, 4) is 0 Å². The maximum Gasteiger partial charge on any atom is 0.149 e. The molecule has 1 nitrogen and oxygen atoms in total. The van der Waals surface area contributed by atoms with Gasteiger partial charge < -0.3 is 5.73 Å². The number of anilines is 1. The van der Waals surface area contributed by atoms with Gasteiger partial charge in [0.2, 0.25) is 0 Å². The van der Waals surface area contributed by atoms with Crippen LogP contribution >= 0.6 is 0 Å². The Bertz CT molecular complexity index is 424. The smallest absolute Gasteiger partial charge is 0.149 e. The SMILES string of the molecule is CC1CC(C)(C)c2c(F)cc(F)c(N)c21. The molecule has 1 atom stereocenters. The van der Waals surface area contributed by atoms with Crippen molar-refractivity contribution in [3.05, 3.63) is 28.8 Å². The van der Waals surface area contributed by atoms with Crippen LogP contribution in [0.1, 0.15) is 44.2 Å². The van der Waals surface area contributed by atoms with Gasteiger partial charge in [0, 0.05) is 6.07 Å². The van der Waals surface area contributed by atoms with Gasteiger partial charge in [0.05, 0.1) is 5.69 Å². The number of hydrogen-bond acceptors (Lipinski definition) is 1. The largest absolute Gasteiger partial charge is 0.396 e. The number of hydrogen-bond donors (Lipinski definition) is 1. The molecule has 82 valence electrons. The van der Waals surface area contributed by atoms with Crippen LogP contribution < -0.4 is 5.73 Å². The molecule has 0 amide bonds. The van der Waals surface area contributed by atoms with Gasteiger partial charge in [-0.3, -0.25) is 0 Å². The first-order chi connectivity index (χ1) is 6.84. The van der Waals surface area contributed by atoms with Crippen molar-refractivity contribution < 1.29 is 8.78 Å². The molecule has 2 N–H and O–H groups in total. The molecule has 0 saturated heterocycles. The lowest BCUT2D eigenvalue weighted by atomic mass is 9.85. The molecule has 0 saturated carbocycles. The Balaban J connectivity index is 2.78. The molecule has 0 radical (unpaired) electrons. The molecule has 0 fully saturated rings. The molecular weight excluding hydrogens is 196 g/mol. The van der Waals surface area contributed by atoms with E-state index in [1.807, 2.05) is 20.8 Å². The number of nitrogens with two attached hydrogens (primary N) is 1. The van der Waals surface area contributed by atoms with Crippen LogP contribution in [0.5, 0.6) is 0 Å². The first-order valence-corrected chi connectivity index (χ1v) is 5.12. The standard InChI is InChI=1S/C12H15F2N/c1-6-5-12(2,3)10-7(13)4-8(14)11(15)9(6)10/h4,6H,5,15H2,1-3H3. The summed E-state index contributed by atoms with van der Waals surface area (Å²) in [4.78, 5) is 0. The molecular formula is C12H15F2N. The number of halogens is 2. The fourth-order valence-corrected chi connectivity index (χ4v) is 2.82. The Hall–Kier alpha value is -1.12. The van der Waals surface area contributed by atoms with Crippen molar-refractivity contribution in [3.63, 3.8) is 0 Å². The van der Waals surface area contributed by atoms with Crippen LogP contribution in [-0.4, -0.2) is 0 Å². The zero-order valence-electron chi connectivity index (χ0n) is 9.20. The summed E-state index contributed by atoms with van der Waals surface area (Å²) in [5, 5.41) is 0. The van der Waals surface area contributed by atoms with Crippen molar-refractivity contribution in [2.75, 3.05) is 5.73 Å². The van der Waals surface area contributed by atoms with E-state index in [0.29, 0.717) is 11.1 Å². The third kappa shape index (κ3) is 1.33. The summed E-state index contributed by atoms with van der Waals surface area (Å²) in [5.74, 6) is -0.984. The molecule has 15 heavy (non-hydrogen) atoms. The summed E-state index contributed by atoms with van der Waals surface area (Å²) in [7, 11) is 0. The maximum absolute atomic E-state index is 13.7. The molecule has 0 heterocycles. The van der Waals surface area contributed by atoms with Crippen LogP contribution in [0, 0.1) is 11.6 Å². The molecule has 0 bridgehead atoms. The van der Waals surface area contributed by atoms with E-state index in [1.54, 1.807) is 0 Å². The highest BCUT2D eigenvalue weighted by Crippen LogP contribution is 2.49. The van der Waals surface area contributed by atoms with Crippen molar-refractivity contribution in [1.82, 2.24) is 0 Å². The van der Waals surface area contributed by atoms with Crippen molar-refractivity contribution in [1.29, 1.82) is 0 Å². The fourth-order valence-electron chi connectivity index (χ4n) is 2.82. The maximum atomic E-state index is 13.7. The van der Waals surface area contributed by atoms with E-state index >= 15 is 0 Å². The van der Waals surface area contributed by atoms with Gasteiger partial charge in [0.1, 0.15) is 11.6 Å². The number of benzene rings is 1. The molecule has 1 aromatic carbocycles. The van der Waals surface area contributed by atoms with Gasteiger partial charge in [-0.2, -0.15) is 0 Å². The Morgan fingerprint density at radius 1 is 1.33 bits per heavy atom. The van der Waals surface area contributed by atoms with Gasteiger partial charge in [-0.25, -0.2) is 8.78 Å². The fraction of sp³-hybridized carbons (Fsp3) is 0.500. The summed E-state index contributed by atoms with van der Waals surface area (Å²) in [6.07, 6.45) is 0.812. The molecule has 0 aromatic heterocycles. The van der Waals surface area contributed by atoms with Crippen LogP contribution in [-0.2, 0) is 5.41 Å². The zero-order valence-corrected chi connectivity index (χ0v) is 9.20. The van der Waals surface area contributed by atoms with Crippen LogP contribution in [0.2, 0.25) is 0 Å². The monoisotopic (exact) mass is 211 g/mol. The molecule has 1 unspecified atom stereocenters.